The smallest absolute Gasteiger partial charge is 0.162 e. The Balaban J connectivity index is 1.39. The fourth-order valence-corrected chi connectivity index (χ4v) is 4.26. The third-order valence-corrected chi connectivity index (χ3v) is 5.83. The van der Waals surface area contributed by atoms with Gasteiger partial charge in [-0.05, 0) is 48.4 Å². The van der Waals surface area contributed by atoms with E-state index in [0.29, 0.717) is 0 Å². The first-order valence-electron chi connectivity index (χ1n) is 10.4. The molecule has 5 heterocycles. The zero-order valence-electron chi connectivity index (χ0n) is 16.9. The molecular formula is C25H20N6. The second kappa shape index (κ2) is 7.32. The molecular weight excluding hydrogens is 384 g/mol. The number of rotatable bonds is 3. The Morgan fingerprint density at radius 2 is 1.74 bits per heavy atom. The van der Waals surface area contributed by atoms with Crippen LogP contribution >= 0.6 is 0 Å². The van der Waals surface area contributed by atoms with Gasteiger partial charge < -0.3 is 9.88 Å². The van der Waals surface area contributed by atoms with E-state index in [0.717, 1.165) is 53.3 Å². The molecule has 6 heteroatoms. The summed E-state index contributed by atoms with van der Waals surface area (Å²) in [5.41, 5.74) is 5.46. The molecule has 0 saturated heterocycles. The molecule has 0 aliphatic carbocycles. The fourth-order valence-electron chi connectivity index (χ4n) is 4.26. The summed E-state index contributed by atoms with van der Waals surface area (Å²) >= 11 is 0. The Bertz CT molecular complexity index is 1420. The van der Waals surface area contributed by atoms with Crippen molar-refractivity contribution in [3.63, 3.8) is 0 Å². The number of hydrogen-bond acceptors (Lipinski definition) is 5. The number of nitrogens with one attached hydrogen (secondary N) is 1. The van der Waals surface area contributed by atoms with E-state index in [1.54, 1.807) is 12.4 Å². The summed E-state index contributed by atoms with van der Waals surface area (Å²) < 4.78 is 0. The maximum atomic E-state index is 4.97. The molecule has 5 aromatic rings. The topological polar surface area (TPSA) is 70.6 Å². The van der Waals surface area contributed by atoms with E-state index < -0.39 is 0 Å². The van der Waals surface area contributed by atoms with Gasteiger partial charge in [0, 0.05) is 59.8 Å². The average molecular weight is 404 g/mol. The normalized spacial score (nSPS) is 14.2. The maximum Gasteiger partial charge on any atom is 0.162 e. The molecule has 1 aliphatic heterocycles. The number of pyridine rings is 2. The quantitative estimate of drug-likeness (QED) is 0.465. The van der Waals surface area contributed by atoms with Gasteiger partial charge in [-0.3, -0.25) is 4.98 Å². The third-order valence-electron chi connectivity index (χ3n) is 5.83. The molecule has 0 unspecified atom stereocenters. The number of H-pyrrole nitrogens is 1. The van der Waals surface area contributed by atoms with Crippen molar-refractivity contribution in [3.05, 3.63) is 85.0 Å². The van der Waals surface area contributed by atoms with Crippen LogP contribution in [0.25, 0.3) is 38.9 Å². The molecule has 0 fully saturated rings. The van der Waals surface area contributed by atoms with Gasteiger partial charge in [-0.25, -0.2) is 15.0 Å². The van der Waals surface area contributed by atoms with Crippen LogP contribution in [0.15, 0.2) is 79.4 Å². The van der Waals surface area contributed by atoms with E-state index in [1.807, 2.05) is 36.5 Å². The molecule has 31 heavy (non-hydrogen) atoms. The highest BCUT2D eigenvalue weighted by atomic mass is 15.2. The highest BCUT2D eigenvalue weighted by Crippen LogP contribution is 2.32. The van der Waals surface area contributed by atoms with Gasteiger partial charge in [-0.15, -0.1) is 0 Å². The second-order valence-electron chi connectivity index (χ2n) is 7.65. The molecule has 1 N–H and O–H groups in total. The summed E-state index contributed by atoms with van der Waals surface area (Å²) in [6, 6.07) is 16.2. The highest BCUT2D eigenvalue weighted by molar-refractivity contribution is 5.93. The van der Waals surface area contributed by atoms with Crippen molar-refractivity contribution in [2.45, 2.75) is 6.42 Å². The van der Waals surface area contributed by atoms with Crippen molar-refractivity contribution in [2.75, 3.05) is 18.0 Å². The molecule has 1 aliphatic rings. The van der Waals surface area contributed by atoms with Gasteiger partial charge in [-0.2, -0.15) is 0 Å². The van der Waals surface area contributed by atoms with Crippen LogP contribution in [0.5, 0.6) is 0 Å². The van der Waals surface area contributed by atoms with E-state index in [4.69, 9.17) is 9.97 Å². The van der Waals surface area contributed by atoms with Crippen LogP contribution in [0, 0.1) is 0 Å². The predicted octanol–water partition coefficient (Wildman–Crippen LogP) is 4.86. The number of aromatic amines is 1. The summed E-state index contributed by atoms with van der Waals surface area (Å²) in [5, 5.41) is 2.25. The van der Waals surface area contributed by atoms with E-state index in [1.165, 1.54) is 16.5 Å². The van der Waals surface area contributed by atoms with Crippen molar-refractivity contribution >= 4 is 33.3 Å². The van der Waals surface area contributed by atoms with E-state index in [9.17, 15) is 0 Å². The monoisotopic (exact) mass is 404 g/mol. The lowest BCUT2D eigenvalue weighted by atomic mass is 9.99. The van der Waals surface area contributed by atoms with Crippen molar-refractivity contribution in [2.24, 2.45) is 0 Å². The van der Waals surface area contributed by atoms with Crippen LogP contribution in [0.2, 0.25) is 0 Å². The van der Waals surface area contributed by atoms with Crippen molar-refractivity contribution in [3.8, 4) is 11.4 Å². The lowest BCUT2D eigenvalue weighted by Crippen LogP contribution is -2.29. The zero-order valence-corrected chi connectivity index (χ0v) is 16.9. The predicted molar refractivity (Wildman–Crippen MR) is 124 cm³/mol. The number of hydrogen-bond donors (Lipinski definition) is 1. The van der Waals surface area contributed by atoms with Crippen LogP contribution in [-0.2, 0) is 0 Å². The van der Waals surface area contributed by atoms with Crippen LogP contribution in [0.1, 0.15) is 12.0 Å². The molecule has 0 spiro atoms. The first kappa shape index (κ1) is 17.8. The standard InChI is InChI=1S/C25H20N6/c1-2-6-22-20(4-1)25(30-23(29-22)18-7-12-26-13-8-18)31-14-9-17(10-15-31)21-16-28-24-19(21)5-3-11-27-24/h1-9,11-13,16H,10,14-15H2,(H,27,28). The lowest BCUT2D eigenvalue weighted by molar-refractivity contribution is 0.820. The molecule has 4 aromatic heterocycles. The zero-order chi connectivity index (χ0) is 20.6. The Kier molecular flexibility index (Phi) is 4.20. The summed E-state index contributed by atoms with van der Waals surface area (Å²) in [5.74, 6) is 1.71. The van der Waals surface area contributed by atoms with Gasteiger partial charge in [-0.1, -0.05) is 18.2 Å². The molecule has 150 valence electrons. The van der Waals surface area contributed by atoms with E-state index >= 15 is 0 Å². The fraction of sp³-hybridized carbons (Fsp3) is 0.120. The number of anilines is 1. The molecule has 0 bridgehead atoms. The lowest BCUT2D eigenvalue weighted by Gasteiger charge is -2.28. The second-order valence-corrected chi connectivity index (χ2v) is 7.65. The van der Waals surface area contributed by atoms with Gasteiger partial charge in [0.15, 0.2) is 5.82 Å². The molecule has 0 radical (unpaired) electrons. The van der Waals surface area contributed by atoms with Crippen LogP contribution in [-0.4, -0.2) is 38.0 Å². The minimum Gasteiger partial charge on any atom is -0.352 e. The van der Waals surface area contributed by atoms with E-state index in [2.05, 4.69) is 50.3 Å². The van der Waals surface area contributed by atoms with Crippen LogP contribution < -0.4 is 4.90 Å². The SMILES string of the molecule is C1=C(c2c[nH]c3ncccc23)CCN(c2nc(-c3ccncc3)nc3ccccc23)C1. The molecule has 0 atom stereocenters. The molecule has 1 aromatic carbocycles. The summed E-state index contributed by atoms with van der Waals surface area (Å²) in [6.45, 7) is 1.70. The average Bonchev–Trinajstić information content (AvgIpc) is 3.28. The minimum atomic E-state index is 0.730. The number of aromatic nitrogens is 5. The van der Waals surface area contributed by atoms with E-state index in [-0.39, 0.29) is 0 Å². The van der Waals surface area contributed by atoms with Gasteiger partial charge >= 0.3 is 0 Å². The van der Waals surface area contributed by atoms with Gasteiger partial charge in [0.25, 0.3) is 0 Å². The maximum absolute atomic E-state index is 4.97. The molecule has 0 amide bonds. The summed E-state index contributed by atoms with van der Waals surface area (Å²) in [7, 11) is 0. The molecule has 0 saturated carbocycles. The van der Waals surface area contributed by atoms with Gasteiger partial charge in [0.1, 0.15) is 11.5 Å². The number of para-hydroxylation sites is 1. The number of nitrogens with zero attached hydrogens (tertiary/aromatic N) is 5. The molecule has 6 rings (SSSR count). The van der Waals surface area contributed by atoms with Crippen molar-refractivity contribution in [1.29, 1.82) is 0 Å². The van der Waals surface area contributed by atoms with Crippen LogP contribution in [0.3, 0.4) is 0 Å². The van der Waals surface area contributed by atoms with Crippen molar-refractivity contribution < 1.29 is 0 Å². The molecule has 6 nitrogen and oxygen atoms in total. The highest BCUT2D eigenvalue weighted by Gasteiger charge is 2.20. The van der Waals surface area contributed by atoms with Gasteiger partial charge in [0.05, 0.1) is 5.52 Å². The first-order chi connectivity index (χ1) is 15.4. The Morgan fingerprint density at radius 1 is 0.871 bits per heavy atom. The van der Waals surface area contributed by atoms with Gasteiger partial charge in [0.2, 0.25) is 0 Å². The third kappa shape index (κ3) is 3.13. The Hall–Kier alpha value is -4.06. The first-order valence-corrected chi connectivity index (χ1v) is 10.4. The number of benzene rings is 1. The Labute approximate surface area is 179 Å². The van der Waals surface area contributed by atoms with Crippen LogP contribution in [0.4, 0.5) is 5.82 Å². The minimum absolute atomic E-state index is 0.730. The van der Waals surface area contributed by atoms with Crippen molar-refractivity contribution in [1.82, 2.24) is 24.9 Å². The Morgan fingerprint density at radius 3 is 2.61 bits per heavy atom. The summed E-state index contributed by atoms with van der Waals surface area (Å²) in [4.78, 5) is 23.9. The summed E-state index contributed by atoms with van der Waals surface area (Å²) in [6.07, 6.45) is 10.7. The largest absolute Gasteiger partial charge is 0.352 e. The number of fused-ring (bicyclic) bond motifs is 2.